The van der Waals surface area contributed by atoms with E-state index in [2.05, 4.69) is 49.8 Å². The number of hydrogen-bond acceptors (Lipinski definition) is 2. The van der Waals surface area contributed by atoms with Gasteiger partial charge in [0.15, 0.2) is 11.5 Å². The number of quaternary nitrogens is 1. The molecule has 0 fully saturated rings. The highest BCUT2D eigenvalue weighted by atomic mass is 16.5. The summed E-state index contributed by atoms with van der Waals surface area (Å²) in [4.78, 5) is 0. The molecule has 0 saturated heterocycles. The van der Waals surface area contributed by atoms with Crippen LogP contribution in [0.5, 0.6) is 11.5 Å². The van der Waals surface area contributed by atoms with Crippen molar-refractivity contribution in [1.82, 2.24) is 0 Å². The Hall–Kier alpha value is -2.54. The summed E-state index contributed by atoms with van der Waals surface area (Å²) < 4.78 is 13.1. The molecule has 0 aliphatic heterocycles. The lowest BCUT2D eigenvalue weighted by Gasteiger charge is -2.33. The molecule has 0 heterocycles. The summed E-state index contributed by atoms with van der Waals surface area (Å²) in [5.74, 6) is 10.0. The highest BCUT2D eigenvalue weighted by Crippen LogP contribution is 2.31. The van der Waals surface area contributed by atoms with Crippen LogP contribution in [0.2, 0.25) is 0 Å². The van der Waals surface area contributed by atoms with E-state index in [1.54, 1.807) is 0 Å². The number of nitrogens with zero attached hydrogens (tertiary/aromatic N) is 1. The summed E-state index contributed by atoms with van der Waals surface area (Å²) in [6, 6.07) is 6.28. The third-order valence-electron chi connectivity index (χ3n) is 8.57. The first kappa shape index (κ1) is 39.5. The fourth-order valence-corrected chi connectivity index (χ4v) is 5.91. The predicted octanol–water partition coefficient (Wildman–Crippen LogP) is 10.9. The molecule has 0 atom stereocenters. The quantitative estimate of drug-likeness (QED) is 0.0494. The Morgan fingerprint density at radius 2 is 0.864 bits per heavy atom. The second kappa shape index (κ2) is 28.0. The second-order valence-electron chi connectivity index (χ2n) is 12.8. The first-order chi connectivity index (χ1) is 21.6. The summed E-state index contributed by atoms with van der Waals surface area (Å²) in [5, 5.41) is 0. The van der Waals surface area contributed by atoms with Crippen LogP contribution in [-0.4, -0.2) is 37.3 Å². The van der Waals surface area contributed by atoms with Gasteiger partial charge in [0, 0.05) is 5.56 Å². The SMILES string of the molecule is C#CC[N+](CC#C)(CC#C)Cc1ccc(OCCCCCCCCCCCC)c(OCCCCCCCCCCCCC)c1. The van der Waals surface area contributed by atoms with Gasteiger partial charge in [-0.15, -0.1) is 19.3 Å². The van der Waals surface area contributed by atoms with Crippen LogP contribution in [0.3, 0.4) is 0 Å². The number of ether oxygens (including phenoxy) is 2. The molecule has 0 radical (unpaired) electrons. The normalized spacial score (nSPS) is 11.1. The van der Waals surface area contributed by atoms with Gasteiger partial charge in [0.1, 0.15) is 26.2 Å². The maximum atomic E-state index is 6.35. The minimum atomic E-state index is 0.486. The molecule has 246 valence electrons. The van der Waals surface area contributed by atoms with Crippen molar-refractivity contribution < 1.29 is 14.0 Å². The Morgan fingerprint density at radius 1 is 0.500 bits per heavy atom. The molecule has 3 heteroatoms. The summed E-state index contributed by atoms with van der Waals surface area (Å²) in [5.41, 5.74) is 1.12. The fourth-order valence-electron chi connectivity index (χ4n) is 5.91. The van der Waals surface area contributed by atoms with E-state index in [0.29, 0.717) is 37.3 Å². The predicted molar refractivity (Wildman–Crippen MR) is 191 cm³/mol. The van der Waals surface area contributed by atoms with Gasteiger partial charge in [0.05, 0.1) is 13.2 Å². The molecule has 3 nitrogen and oxygen atoms in total. The van der Waals surface area contributed by atoms with Gasteiger partial charge >= 0.3 is 0 Å². The van der Waals surface area contributed by atoms with Gasteiger partial charge < -0.3 is 9.47 Å². The average Bonchev–Trinajstić information content (AvgIpc) is 3.01. The third-order valence-corrected chi connectivity index (χ3v) is 8.57. The van der Waals surface area contributed by atoms with E-state index in [9.17, 15) is 0 Å². The van der Waals surface area contributed by atoms with E-state index >= 15 is 0 Å². The Bertz CT molecular complexity index is 906. The Balaban J connectivity index is 2.61. The van der Waals surface area contributed by atoms with E-state index in [-0.39, 0.29) is 0 Å². The molecule has 0 amide bonds. The molecule has 44 heavy (non-hydrogen) atoms. The molecule has 0 aromatic heterocycles. The van der Waals surface area contributed by atoms with E-state index in [4.69, 9.17) is 28.7 Å². The molecule has 0 saturated carbocycles. The van der Waals surface area contributed by atoms with Crippen molar-refractivity contribution in [1.29, 1.82) is 0 Å². The zero-order valence-electron chi connectivity index (χ0n) is 28.8. The lowest BCUT2D eigenvalue weighted by Crippen LogP contribution is -2.48. The average molecular weight is 605 g/mol. The monoisotopic (exact) mass is 605 g/mol. The van der Waals surface area contributed by atoms with E-state index in [0.717, 1.165) is 36.5 Å². The summed E-state index contributed by atoms with van der Waals surface area (Å²) >= 11 is 0. The molecule has 0 N–H and O–H groups in total. The molecule has 1 rings (SSSR count). The summed E-state index contributed by atoms with van der Waals surface area (Å²) in [7, 11) is 0. The van der Waals surface area contributed by atoms with Crippen molar-refractivity contribution in [3.05, 3.63) is 23.8 Å². The van der Waals surface area contributed by atoms with E-state index in [1.165, 1.54) is 122 Å². The van der Waals surface area contributed by atoms with Crippen LogP contribution in [0.25, 0.3) is 0 Å². The Labute approximate surface area is 273 Å². The third kappa shape index (κ3) is 19.7. The number of terminal acetylenes is 3. The Kier molecular flexibility index (Phi) is 25.1. The molecular weight excluding hydrogens is 538 g/mol. The van der Waals surface area contributed by atoms with Crippen molar-refractivity contribution in [3.63, 3.8) is 0 Å². The van der Waals surface area contributed by atoms with Crippen molar-refractivity contribution in [2.75, 3.05) is 32.8 Å². The first-order valence-corrected chi connectivity index (χ1v) is 18.2. The van der Waals surface area contributed by atoms with Crippen molar-refractivity contribution >= 4 is 0 Å². The van der Waals surface area contributed by atoms with Crippen LogP contribution in [0.15, 0.2) is 18.2 Å². The van der Waals surface area contributed by atoms with Crippen LogP contribution in [0.1, 0.15) is 154 Å². The van der Waals surface area contributed by atoms with Gasteiger partial charge in [0.2, 0.25) is 0 Å². The molecular formula is C41H66NO2+. The van der Waals surface area contributed by atoms with Gasteiger partial charge in [-0.2, -0.15) is 0 Å². The van der Waals surface area contributed by atoms with E-state index in [1.807, 2.05) is 0 Å². The smallest absolute Gasteiger partial charge is 0.161 e. The summed E-state index contributed by atoms with van der Waals surface area (Å²) in [6.45, 7) is 8.15. The van der Waals surface area contributed by atoms with Gasteiger partial charge in [0.25, 0.3) is 0 Å². The van der Waals surface area contributed by atoms with Crippen LogP contribution in [0.4, 0.5) is 0 Å². The summed E-state index contributed by atoms with van der Waals surface area (Å²) in [6.07, 6.45) is 44.8. The zero-order valence-corrected chi connectivity index (χ0v) is 28.8. The van der Waals surface area contributed by atoms with Crippen LogP contribution >= 0.6 is 0 Å². The lowest BCUT2D eigenvalue weighted by atomic mass is 10.1. The fraction of sp³-hybridized carbons (Fsp3) is 0.707. The molecule has 1 aromatic carbocycles. The molecule has 0 aliphatic carbocycles. The first-order valence-electron chi connectivity index (χ1n) is 18.2. The number of hydrogen-bond donors (Lipinski definition) is 0. The largest absolute Gasteiger partial charge is 0.490 e. The van der Waals surface area contributed by atoms with Crippen LogP contribution < -0.4 is 9.47 Å². The van der Waals surface area contributed by atoms with Gasteiger partial charge in [-0.3, -0.25) is 4.48 Å². The molecule has 0 bridgehead atoms. The topological polar surface area (TPSA) is 18.5 Å². The van der Waals surface area contributed by atoms with Crippen LogP contribution in [-0.2, 0) is 6.54 Å². The molecule has 0 aliphatic rings. The highest BCUT2D eigenvalue weighted by Gasteiger charge is 2.25. The maximum Gasteiger partial charge on any atom is 0.161 e. The van der Waals surface area contributed by atoms with E-state index < -0.39 is 0 Å². The molecule has 0 unspecified atom stereocenters. The van der Waals surface area contributed by atoms with Crippen LogP contribution in [0, 0.1) is 37.0 Å². The standard InChI is InChI=1S/C41H66NO2/c1-6-11-13-15-17-19-21-23-25-27-29-36-44-41-37-39(38-42(32-8-3,33-9-4)34-10-5)30-31-40(41)43-35-28-26-24-22-20-18-16-14-12-7-2/h3-5,30-31,37H,6-7,11-29,32-36,38H2,1-2H3/q+1. The zero-order chi connectivity index (χ0) is 32.0. The Morgan fingerprint density at radius 3 is 1.25 bits per heavy atom. The van der Waals surface area contributed by atoms with Crippen molar-refractivity contribution in [2.45, 2.75) is 155 Å². The van der Waals surface area contributed by atoms with Gasteiger partial charge in [-0.1, -0.05) is 136 Å². The second-order valence-corrected chi connectivity index (χ2v) is 12.8. The number of unbranched alkanes of at least 4 members (excludes halogenated alkanes) is 19. The maximum absolute atomic E-state index is 6.35. The molecule has 0 spiro atoms. The van der Waals surface area contributed by atoms with Crippen molar-refractivity contribution in [3.8, 4) is 48.5 Å². The van der Waals surface area contributed by atoms with Crippen molar-refractivity contribution in [2.24, 2.45) is 0 Å². The van der Waals surface area contributed by atoms with Gasteiger partial charge in [-0.25, -0.2) is 0 Å². The highest BCUT2D eigenvalue weighted by molar-refractivity contribution is 5.43. The lowest BCUT2D eigenvalue weighted by molar-refractivity contribution is -0.921. The minimum absolute atomic E-state index is 0.486. The number of benzene rings is 1. The number of rotatable bonds is 30. The van der Waals surface area contributed by atoms with Gasteiger partial charge in [-0.05, 0) is 48.8 Å². The molecule has 1 aromatic rings. The minimum Gasteiger partial charge on any atom is -0.490 e.